The van der Waals surface area contributed by atoms with Gasteiger partial charge in [-0.15, -0.1) is 0 Å². The van der Waals surface area contributed by atoms with Gasteiger partial charge >= 0.3 is 0 Å². The Morgan fingerprint density at radius 3 is 2.50 bits per heavy atom. The van der Waals surface area contributed by atoms with Gasteiger partial charge in [0.05, 0.1) is 18.6 Å². The minimum Gasteiger partial charge on any atom is -0.368 e. The van der Waals surface area contributed by atoms with E-state index in [4.69, 9.17) is 5.73 Å². The maximum Gasteiger partial charge on any atom is 0.235 e. The number of primary amides is 1. The van der Waals surface area contributed by atoms with Crippen molar-refractivity contribution in [2.24, 2.45) is 5.73 Å². The number of benzene rings is 2. The Labute approximate surface area is 154 Å². The predicted octanol–water partition coefficient (Wildman–Crippen LogP) is 2.08. The fraction of sp³-hybridized carbons (Fsp3) is 0.333. The number of hydrogen-bond acceptors (Lipinski definition) is 3. The van der Waals surface area contributed by atoms with E-state index in [1.807, 2.05) is 67.3 Å². The van der Waals surface area contributed by atoms with Crippen LogP contribution in [0.1, 0.15) is 35.2 Å². The Morgan fingerprint density at radius 2 is 1.81 bits per heavy atom. The van der Waals surface area contributed by atoms with Crippen molar-refractivity contribution in [1.29, 1.82) is 0 Å². The molecular weight excluding hydrogens is 326 g/mol. The molecule has 0 saturated carbocycles. The van der Waals surface area contributed by atoms with Crippen molar-refractivity contribution in [1.82, 2.24) is 10.2 Å². The molecule has 5 nitrogen and oxygen atoms in total. The molecule has 0 fully saturated rings. The van der Waals surface area contributed by atoms with E-state index in [1.54, 1.807) is 0 Å². The summed E-state index contributed by atoms with van der Waals surface area (Å²) in [6.07, 6.45) is 0.548. The van der Waals surface area contributed by atoms with Crippen molar-refractivity contribution < 1.29 is 9.59 Å². The first-order chi connectivity index (χ1) is 12.5. The quantitative estimate of drug-likeness (QED) is 0.866. The highest BCUT2D eigenvalue weighted by atomic mass is 16.2. The second kappa shape index (κ2) is 7.70. The van der Waals surface area contributed by atoms with E-state index in [9.17, 15) is 9.59 Å². The Morgan fingerprint density at radius 1 is 1.15 bits per heavy atom. The van der Waals surface area contributed by atoms with Crippen LogP contribution in [0, 0.1) is 6.92 Å². The molecule has 1 aliphatic rings. The molecule has 0 aliphatic carbocycles. The van der Waals surface area contributed by atoms with Crippen LogP contribution in [0.25, 0.3) is 0 Å². The van der Waals surface area contributed by atoms with Gasteiger partial charge in [-0.25, -0.2) is 0 Å². The second-order valence-electron chi connectivity index (χ2n) is 6.94. The molecule has 5 heteroatoms. The molecule has 0 unspecified atom stereocenters. The highest BCUT2D eigenvalue weighted by Gasteiger charge is 2.31. The molecule has 0 aromatic heterocycles. The zero-order valence-corrected chi connectivity index (χ0v) is 15.2. The van der Waals surface area contributed by atoms with Crippen molar-refractivity contribution in [2.75, 3.05) is 6.54 Å². The fourth-order valence-corrected chi connectivity index (χ4v) is 3.65. The van der Waals surface area contributed by atoms with Gasteiger partial charge in [-0.2, -0.15) is 0 Å². The van der Waals surface area contributed by atoms with Crippen LogP contribution in [-0.4, -0.2) is 29.3 Å². The van der Waals surface area contributed by atoms with Crippen LogP contribution in [0.4, 0.5) is 0 Å². The summed E-state index contributed by atoms with van der Waals surface area (Å²) in [4.78, 5) is 26.3. The number of carbonyl (C=O) groups excluding carboxylic acids is 2. The molecule has 1 heterocycles. The minimum atomic E-state index is -0.454. The summed E-state index contributed by atoms with van der Waals surface area (Å²) in [6, 6.07) is 15.4. The van der Waals surface area contributed by atoms with Crippen LogP contribution in [0.5, 0.6) is 0 Å². The number of nitrogens with one attached hydrogen (secondary N) is 1. The average Bonchev–Trinajstić information content (AvgIpc) is 2.61. The molecule has 0 bridgehead atoms. The highest BCUT2D eigenvalue weighted by molar-refractivity contribution is 5.83. The summed E-state index contributed by atoms with van der Waals surface area (Å²) >= 11 is 0. The monoisotopic (exact) mass is 351 g/mol. The SMILES string of the molecule is Cc1ccccc1[C@@H](C)NC(=O)CN1Cc2ccccc2C[C@H]1C(N)=O. The third kappa shape index (κ3) is 3.94. The first kappa shape index (κ1) is 18.1. The summed E-state index contributed by atoms with van der Waals surface area (Å²) in [5, 5.41) is 3.04. The Bertz CT molecular complexity index is 818. The van der Waals surface area contributed by atoms with Gasteiger partial charge in [0.1, 0.15) is 0 Å². The molecule has 3 N–H and O–H groups in total. The Balaban J connectivity index is 1.69. The lowest BCUT2D eigenvalue weighted by molar-refractivity contribution is -0.127. The van der Waals surface area contributed by atoms with Crippen molar-refractivity contribution in [2.45, 2.75) is 38.9 Å². The zero-order valence-electron chi connectivity index (χ0n) is 15.2. The van der Waals surface area contributed by atoms with Gasteiger partial charge in [-0.3, -0.25) is 14.5 Å². The van der Waals surface area contributed by atoms with Gasteiger partial charge in [0.25, 0.3) is 0 Å². The van der Waals surface area contributed by atoms with Crippen molar-refractivity contribution in [3.63, 3.8) is 0 Å². The predicted molar refractivity (Wildman–Crippen MR) is 101 cm³/mol. The molecule has 2 aromatic carbocycles. The van der Waals surface area contributed by atoms with Crippen molar-refractivity contribution >= 4 is 11.8 Å². The fourth-order valence-electron chi connectivity index (χ4n) is 3.65. The molecule has 26 heavy (non-hydrogen) atoms. The van der Waals surface area contributed by atoms with Crippen molar-refractivity contribution in [3.05, 3.63) is 70.8 Å². The van der Waals surface area contributed by atoms with Crippen molar-refractivity contribution in [3.8, 4) is 0 Å². The van der Waals surface area contributed by atoms with Gasteiger partial charge in [0.2, 0.25) is 11.8 Å². The molecule has 136 valence electrons. The molecule has 3 rings (SSSR count). The number of aryl methyl sites for hydroxylation is 1. The first-order valence-corrected chi connectivity index (χ1v) is 8.90. The summed E-state index contributed by atoms with van der Waals surface area (Å²) in [5.41, 5.74) is 10.1. The standard InChI is InChI=1S/C21H25N3O2/c1-14-7-3-6-10-18(14)15(2)23-20(25)13-24-12-17-9-5-4-8-16(17)11-19(24)21(22)26/h3-10,15,19H,11-13H2,1-2H3,(H2,22,26)(H,23,25)/t15-,19+/m1/s1. The minimum absolute atomic E-state index is 0.0900. The average molecular weight is 351 g/mol. The largest absolute Gasteiger partial charge is 0.368 e. The van der Waals surface area contributed by atoms with E-state index in [2.05, 4.69) is 5.32 Å². The summed E-state index contributed by atoms with van der Waals surface area (Å²) in [6.45, 7) is 4.70. The smallest absolute Gasteiger partial charge is 0.235 e. The van der Waals surface area contributed by atoms with E-state index >= 15 is 0 Å². The molecule has 0 spiro atoms. The normalized spacial score (nSPS) is 18.0. The maximum atomic E-state index is 12.6. The van der Waals surface area contributed by atoms with Gasteiger partial charge in [0, 0.05) is 6.54 Å². The lowest BCUT2D eigenvalue weighted by atomic mass is 9.93. The van der Waals surface area contributed by atoms with E-state index in [1.165, 1.54) is 0 Å². The van der Waals surface area contributed by atoms with E-state index in [-0.39, 0.29) is 24.4 Å². The third-order valence-electron chi connectivity index (χ3n) is 5.05. The molecule has 1 aliphatic heterocycles. The molecule has 0 saturated heterocycles. The molecule has 2 amide bonds. The molecule has 0 radical (unpaired) electrons. The van der Waals surface area contributed by atoms with E-state index < -0.39 is 6.04 Å². The maximum absolute atomic E-state index is 12.6. The van der Waals surface area contributed by atoms with Crippen LogP contribution >= 0.6 is 0 Å². The zero-order chi connectivity index (χ0) is 18.7. The topological polar surface area (TPSA) is 75.4 Å². The van der Waals surface area contributed by atoms with Crippen LogP contribution in [-0.2, 0) is 22.6 Å². The van der Waals surface area contributed by atoms with Crippen LogP contribution in [0.3, 0.4) is 0 Å². The third-order valence-corrected chi connectivity index (χ3v) is 5.05. The van der Waals surface area contributed by atoms with Gasteiger partial charge in [0.15, 0.2) is 0 Å². The highest BCUT2D eigenvalue weighted by Crippen LogP contribution is 2.23. The number of hydrogen-bond donors (Lipinski definition) is 2. The molecule has 2 atom stereocenters. The van der Waals surface area contributed by atoms with Crippen LogP contribution in [0.2, 0.25) is 0 Å². The van der Waals surface area contributed by atoms with E-state index in [0.29, 0.717) is 13.0 Å². The summed E-state index contributed by atoms with van der Waals surface area (Å²) < 4.78 is 0. The Kier molecular flexibility index (Phi) is 5.38. The number of rotatable bonds is 5. The Hall–Kier alpha value is -2.66. The molecular formula is C21H25N3O2. The van der Waals surface area contributed by atoms with Crippen LogP contribution in [0.15, 0.2) is 48.5 Å². The van der Waals surface area contributed by atoms with Gasteiger partial charge in [-0.05, 0) is 42.5 Å². The summed E-state index contributed by atoms with van der Waals surface area (Å²) in [7, 11) is 0. The van der Waals surface area contributed by atoms with Crippen LogP contribution < -0.4 is 11.1 Å². The summed E-state index contributed by atoms with van der Waals surface area (Å²) in [5.74, 6) is -0.495. The number of fused-ring (bicyclic) bond motifs is 1. The van der Waals surface area contributed by atoms with Gasteiger partial charge < -0.3 is 11.1 Å². The number of carbonyl (C=O) groups is 2. The van der Waals surface area contributed by atoms with E-state index in [0.717, 1.165) is 22.3 Å². The number of amides is 2. The number of nitrogens with two attached hydrogens (primary N) is 1. The van der Waals surface area contributed by atoms with Gasteiger partial charge in [-0.1, -0.05) is 48.5 Å². The lowest BCUT2D eigenvalue weighted by Crippen LogP contribution is -2.51. The number of nitrogens with zero attached hydrogens (tertiary/aromatic N) is 1. The second-order valence-corrected chi connectivity index (χ2v) is 6.94. The first-order valence-electron chi connectivity index (χ1n) is 8.90. The lowest BCUT2D eigenvalue weighted by Gasteiger charge is -2.34. The molecule has 2 aromatic rings.